The lowest BCUT2D eigenvalue weighted by molar-refractivity contribution is 0.0808. The van der Waals surface area contributed by atoms with Gasteiger partial charge in [0, 0.05) is 23.5 Å². The molecule has 6 nitrogen and oxygen atoms in total. The summed E-state index contributed by atoms with van der Waals surface area (Å²) in [6.45, 7) is 0. The van der Waals surface area contributed by atoms with E-state index in [1.54, 1.807) is 24.3 Å². The maximum atomic E-state index is 13.5. The van der Waals surface area contributed by atoms with Gasteiger partial charge in [-0.2, -0.15) is 0 Å². The smallest absolute Gasteiger partial charge is 0.123 e. The van der Waals surface area contributed by atoms with Crippen LogP contribution < -0.4 is 0 Å². The Balaban J connectivity index is 0.000000142. The van der Waals surface area contributed by atoms with Gasteiger partial charge in [-0.15, -0.1) is 0 Å². The molecular weight excluding hydrogens is 679 g/mol. The van der Waals surface area contributed by atoms with Gasteiger partial charge in [0.1, 0.15) is 11.6 Å². The molecule has 280 valence electrons. The van der Waals surface area contributed by atoms with Gasteiger partial charge in [0.05, 0.1) is 48.3 Å². The zero-order chi connectivity index (χ0) is 36.8. The van der Waals surface area contributed by atoms with Crippen molar-refractivity contribution in [2.75, 3.05) is 0 Å². The molecule has 2 aromatic carbocycles. The molecule has 8 heteroatoms. The van der Waals surface area contributed by atoms with E-state index in [4.69, 9.17) is 0 Å². The highest BCUT2D eigenvalue weighted by molar-refractivity contribution is 5.60. The molecule has 0 radical (unpaired) electrons. The molecule has 4 fully saturated rings. The van der Waals surface area contributed by atoms with Crippen molar-refractivity contribution < 1.29 is 19.0 Å². The van der Waals surface area contributed by atoms with Crippen LogP contribution in [0.15, 0.2) is 98.1 Å². The van der Waals surface area contributed by atoms with E-state index in [9.17, 15) is 19.0 Å². The van der Waals surface area contributed by atoms with E-state index in [-0.39, 0.29) is 23.5 Å². The third-order valence-electron chi connectivity index (χ3n) is 13.0. The highest BCUT2D eigenvalue weighted by Gasteiger charge is 2.36. The Bertz CT molecular complexity index is 2070. The summed E-state index contributed by atoms with van der Waals surface area (Å²) >= 11 is 0. The molecule has 4 heterocycles. The van der Waals surface area contributed by atoms with E-state index < -0.39 is 12.2 Å². The molecule has 4 aromatic heterocycles. The van der Waals surface area contributed by atoms with Gasteiger partial charge >= 0.3 is 0 Å². The quantitative estimate of drug-likeness (QED) is 0.164. The Labute approximate surface area is 315 Å². The number of hydrogen-bond donors (Lipinski definition) is 2. The average molecular weight is 729 g/mol. The predicted molar refractivity (Wildman–Crippen MR) is 206 cm³/mol. The first kappa shape index (κ1) is 35.3. The SMILES string of the molecule is O[C@@H](c1c(C2CC2)ccn2cncc12)C1CCC(c2cccc(F)c2)CC1.O[C@H](c1c(C2CC2)ccn2cncc12)C1CCC(c2cccc(F)c2)CC1. The Morgan fingerprint density at radius 3 is 1.28 bits per heavy atom. The van der Waals surface area contributed by atoms with Crippen molar-refractivity contribution in [1.82, 2.24) is 18.8 Å². The molecule has 4 aliphatic rings. The Kier molecular flexibility index (Phi) is 9.83. The van der Waals surface area contributed by atoms with Crippen LogP contribution in [0.4, 0.5) is 8.78 Å². The van der Waals surface area contributed by atoms with Crippen LogP contribution in [-0.4, -0.2) is 29.0 Å². The summed E-state index contributed by atoms with van der Waals surface area (Å²) in [6.07, 6.45) is 23.4. The third kappa shape index (κ3) is 7.23. The van der Waals surface area contributed by atoms with Gasteiger partial charge in [-0.05, 0) is 171 Å². The van der Waals surface area contributed by atoms with E-state index in [0.717, 1.165) is 84.7 Å². The number of pyridine rings is 2. The lowest BCUT2D eigenvalue weighted by atomic mass is 9.75. The van der Waals surface area contributed by atoms with E-state index in [1.165, 1.54) is 48.9 Å². The molecule has 4 saturated carbocycles. The van der Waals surface area contributed by atoms with E-state index in [2.05, 4.69) is 34.5 Å². The lowest BCUT2D eigenvalue weighted by Crippen LogP contribution is -2.21. The average Bonchev–Trinajstić information content (AvgIpc) is 4.14. The summed E-state index contributed by atoms with van der Waals surface area (Å²) in [5.41, 5.74) is 9.07. The number of aliphatic hydroxyl groups excluding tert-OH is 2. The number of fused-ring (bicyclic) bond motifs is 2. The minimum Gasteiger partial charge on any atom is -0.388 e. The number of aliphatic hydroxyl groups is 2. The number of nitrogens with zero attached hydrogens (tertiary/aromatic N) is 4. The van der Waals surface area contributed by atoms with Crippen molar-refractivity contribution in [3.05, 3.63) is 143 Å². The second-order valence-electron chi connectivity index (χ2n) is 16.5. The molecule has 2 atom stereocenters. The fraction of sp³-hybridized carbons (Fsp3) is 0.435. The molecule has 0 aliphatic heterocycles. The topological polar surface area (TPSA) is 75.1 Å². The monoisotopic (exact) mass is 728 g/mol. The van der Waals surface area contributed by atoms with Crippen LogP contribution in [0.1, 0.15) is 146 Å². The van der Waals surface area contributed by atoms with Crippen LogP contribution in [0.2, 0.25) is 0 Å². The standard InChI is InChI=1S/2C23H25FN2O/c2*24-19-3-1-2-18(12-19)15-4-8-17(9-5-15)23(27)22-20(16-6-7-16)10-11-26-14-25-13-21(22)26/h2*1-3,10-17,23,27H,4-9H2/t2*15?,17?,23-/m10/s1. The summed E-state index contributed by atoms with van der Waals surface area (Å²) in [4.78, 5) is 8.57. The lowest BCUT2D eigenvalue weighted by Gasteiger charge is -2.33. The molecule has 10 rings (SSSR count). The molecule has 0 spiro atoms. The zero-order valence-corrected chi connectivity index (χ0v) is 30.8. The molecule has 54 heavy (non-hydrogen) atoms. The van der Waals surface area contributed by atoms with Crippen molar-refractivity contribution in [2.45, 2.75) is 113 Å². The first-order valence-electron chi connectivity index (χ1n) is 20.2. The van der Waals surface area contributed by atoms with Crippen molar-refractivity contribution in [1.29, 1.82) is 0 Å². The van der Waals surface area contributed by atoms with E-state index in [1.807, 2.05) is 46.0 Å². The fourth-order valence-electron chi connectivity index (χ4n) is 9.73. The second-order valence-corrected chi connectivity index (χ2v) is 16.5. The minimum atomic E-state index is -0.450. The summed E-state index contributed by atoms with van der Waals surface area (Å²) in [7, 11) is 0. The van der Waals surface area contributed by atoms with Crippen LogP contribution in [0.25, 0.3) is 11.0 Å². The van der Waals surface area contributed by atoms with Gasteiger partial charge < -0.3 is 19.0 Å². The molecule has 6 aromatic rings. The van der Waals surface area contributed by atoms with Crippen molar-refractivity contribution in [2.24, 2.45) is 11.8 Å². The third-order valence-corrected chi connectivity index (χ3v) is 13.0. The van der Waals surface area contributed by atoms with Crippen LogP contribution in [0, 0.1) is 23.5 Å². The summed E-state index contributed by atoms with van der Waals surface area (Å²) in [6, 6.07) is 18.3. The minimum absolute atomic E-state index is 0.156. The number of halogens is 2. The summed E-state index contributed by atoms with van der Waals surface area (Å²) in [5, 5.41) is 22.6. The normalized spacial score (nSPS) is 24.2. The Morgan fingerprint density at radius 1 is 0.519 bits per heavy atom. The van der Waals surface area contributed by atoms with Gasteiger partial charge in [0.2, 0.25) is 0 Å². The second kappa shape index (κ2) is 15.0. The van der Waals surface area contributed by atoms with Crippen molar-refractivity contribution >= 4 is 11.0 Å². The highest BCUT2D eigenvalue weighted by atomic mass is 19.1. The Morgan fingerprint density at radius 2 is 0.907 bits per heavy atom. The summed E-state index contributed by atoms with van der Waals surface area (Å²) < 4.78 is 31.1. The molecule has 0 unspecified atom stereocenters. The van der Waals surface area contributed by atoms with Crippen LogP contribution in [0.3, 0.4) is 0 Å². The summed E-state index contributed by atoms with van der Waals surface area (Å²) in [5.74, 6) is 2.20. The van der Waals surface area contributed by atoms with E-state index >= 15 is 0 Å². The number of rotatable bonds is 8. The van der Waals surface area contributed by atoms with Gasteiger partial charge in [0.15, 0.2) is 0 Å². The largest absolute Gasteiger partial charge is 0.388 e. The van der Waals surface area contributed by atoms with Gasteiger partial charge in [-0.3, -0.25) is 0 Å². The molecule has 0 saturated heterocycles. The Hall–Kier alpha value is -4.40. The van der Waals surface area contributed by atoms with Gasteiger partial charge in [-0.1, -0.05) is 24.3 Å². The number of hydrogen-bond acceptors (Lipinski definition) is 4. The maximum absolute atomic E-state index is 13.5. The van der Waals surface area contributed by atoms with Crippen molar-refractivity contribution in [3.63, 3.8) is 0 Å². The van der Waals surface area contributed by atoms with Crippen LogP contribution >= 0.6 is 0 Å². The van der Waals surface area contributed by atoms with E-state index in [0.29, 0.717) is 23.7 Å². The highest BCUT2D eigenvalue weighted by Crippen LogP contribution is 2.49. The molecule has 4 aliphatic carbocycles. The van der Waals surface area contributed by atoms with Crippen LogP contribution in [-0.2, 0) is 0 Å². The molecule has 2 N–H and O–H groups in total. The first-order valence-corrected chi connectivity index (χ1v) is 20.2. The fourth-order valence-corrected chi connectivity index (χ4v) is 9.73. The van der Waals surface area contributed by atoms with Crippen LogP contribution in [0.5, 0.6) is 0 Å². The molecule has 0 amide bonds. The number of benzene rings is 2. The number of imidazole rings is 2. The van der Waals surface area contributed by atoms with Gasteiger partial charge in [-0.25, -0.2) is 18.7 Å². The van der Waals surface area contributed by atoms with Crippen molar-refractivity contribution in [3.8, 4) is 0 Å². The molecular formula is C46H50F2N4O2. The van der Waals surface area contributed by atoms with Gasteiger partial charge in [0.25, 0.3) is 0 Å². The zero-order valence-electron chi connectivity index (χ0n) is 30.8. The predicted octanol–water partition coefficient (Wildman–Crippen LogP) is 10.7. The number of aromatic nitrogens is 4. The molecule has 0 bridgehead atoms. The first-order chi connectivity index (χ1) is 26.4. The maximum Gasteiger partial charge on any atom is 0.123 e.